The van der Waals surface area contributed by atoms with Gasteiger partial charge in [0.15, 0.2) is 0 Å². The van der Waals surface area contributed by atoms with E-state index in [4.69, 9.17) is 4.74 Å². The van der Waals surface area contributed by atoms with E-state index in [1.165, 1.54) is 7.11 Å². The van der Waals surface area contributed by atoms with E-state index < -0.39 is 0 Å². The number of carbonyl (C=O) groups excluding carboxylic acids is 1. The van der Waals surface area contributed by atoms with E-state index in [9.17, 15) is 4.79 Å². The molecule has 0 aliphatic carbocycles. The second-order valence-electron chi connectivity index (χ2n) is 5.28. The van der Waals surface area contributed by atoms with Gasteiger partial charge in [0.05, 0.1) is 13.2 Å². The normalized spacial score (nSPS) is 19.2. The highest BCUT2D eigenvalue weighted by molar-refractivity contribution is 5.96. The molecule has 1 amide bonds. The van der Waals surface area contributed by atoms with Crippen LogP contribution in [0.2, 0.25) is 0 Å². The zero-order chi connectivity index (χ0) is 15.5. The lowest BCUT2D eigenvalue weighted by atomic mass is 10.1. The molecule has 3 rings (SSSR count). The SMILES string of the molecule is COc1ncccc1C(=O)N1CCN(C)[C@H](c2ncc[nH]2)C1. The minimum atomic E-state index is -0.0605. The number of aromatic nitrogens is 3. The Kier molecular flexibility index (Phi) is 4.06. The molecule has 0 aromatic carbocycles. The molecule has 0 spiro atoms. The summed E-state index contributed by atoms with van der Waals surface area (Å²) in [4.78, 5) is 28.3. The van der Waals surface area contributed by atoms with Gasteiger partial charge in [-0.3, -0.25) is 9.69 Å². The van der Waals surface area contributed by atoms with E-state index in [0.717, 1.165) is 12.4 Å². The van der Waals surface area contributed by atoms with E-state index in [0.29, 0.717) is 24.5 Å². The third-order valence-corrected chi connectivity index (χ3v) is 3.97. The number of pyridine rings is 1. The summed E-state index contributed by atoms with van der Waals surface area (Å²) in [7, 11) is 3.56. The summed E-state index contributed by atoms with van der Waals surface area (Å²) < 4.78 is 5.19. The Labute approximate surface area is 128 Å². The van der Waals surface area contributed by atoms with Crippen LogP contribution >= 0.6 is 0 Å². The van der Waals surface area contributed by atoms with Gasteiger partial charge in [-0.15, -0.1) is 0 Å². The van der Waals surface area contributed by atoms with E-state index in [1.807, 2.05) is 11.9 Å². The summed E-state index contributed by atoms with van der Waals surface area (Å²) in [6.07, 6.45) is 5.15. The number of amides is 1. The van der Waals surface area contributed by atoms with Gasteiger partial charge in [-0.05, 0) is 19.2 Å². The molecule has 1 saturated heterocycles. The molecule has 116 valence electrons. The Morgan fingerprint density at radius 1 is 1.36 bits per heavy atom. The van der Waals surface area contributed by atoms with Crippen molar-refractivity contribution in [3.8, 4) is 5.88 Å². The van der Waals surface area contributed by atoms with Crippen LogP contribution < -0.4 is 4.74 Å². The summed E-state index contributed by atoms with van der Waals surface area (Å²) >= 11 is 0. The molecule has 1 N–H and O–H groups in total. The summed E-state index contributed by atoms with van der Waals surface area (Å²) in [5.74, 6) is 1.17. The molecular weight excluding hydrogens is 282 g/mol. The van der Waals surface area contributed by atoms with Crippen LogP contribution in [0.1, 0.15) is 22.2 Å². The second kappa shape index (κ2) is 6.15. The van der Waals surface area contributed by atoms with Crippen molar-refractivity contribution in [2.24, 2.45) is 0 Å². The van der Waals surface area contributed by atoms with Gasteiger partial charge in [0.25, 0.3) is 5.91 Å². The molecule has 7 heteroatoms. The van der Waals surface area contributed by atoms with Gasteiger partial charge in [-0.1, -0.05) is 0 Å². The molecule has 2 aromatic heterocycles. The highest BCUT2D eigenvalue weighted by Crippen LogP contribution is 2.24. The molecule has 1 aliphatic rings. The molecular formula is C15H19N5O2. The smallest absolute Gasteiger partial charge is 0.259 e. The van der Waals surface area contributed by atoms with Gasteiger partial charge >= 0.3 is 0 Å². The van der Waals surface area contributed by atoms with Crippen molar-refractivity contribution in [3.05, 3.63) is 42.1 Å². The third kappa shape index (κ3) is 2.67. The highest BCUT2D eigenvalue weighted by atomic mass is 16.5. The lowest BCUT2D eigenvalue weighted by Gasteiger charge is -2.38. The number of aromatic amines is 1. The lowest BCUT2D eigenvalue weighted by molar-refractivity contribution is 0.0531. The fourth-order valence-corrected chi connectivity index (χ4v) is 2.70. The van der Waals surface area contributed by atoms with Crippen LogP contribution in [0, 0.1) is 0 Å². The van der Waals surface area contributed by atoms with Crippen molar-refractivity contribution in [2.45, 2.75) is 6.04 Å². The quantitative estimate of drug-likeness (QED) is 0.913. The number of nitrogens with zero attached hydrogens (tertiary/aromatic N) is 4. The minimum absolute atomic E-state index is 0.0605. The Morgan fingerprint density at radius 2 is 2.23 bits per heavy atom. The standard InChI is InChI=1S/C15H19N5O2/c1-19-8-9-20(10-12(19)13-16-6-7-17-13)15(21)11-4-3-5-18-14(11)22-2/h3-7,12H,8-10H2,1-2H3,(H,16,17)/t12-/m0/s1. The number of piperazine rings is 1. The number of nitrogens with one attached hydrogen (secondary N) is 1. The number of likely N-dealkylation sites (N-methyl/N-ethyl adjacent to an activating group) is 1. The van der Waals surface area contributed by atoms with Crippen molar-refractivity contribution < 1.29 is 9.53 Å². The van der Waals surface area contributed by atoms with E-state index in [1.54, 1.807) is 30.7 Å². The molecule has 2 aromatic rings. The monoisotopic (exact) mass is 301 g/mol. The van der Waals surface area contributed by atoms with Crippen LogP contribution in [0.25, 0.3) is 0 Å². The maximum Gasteiger partial charge on any atom is 0.259 e. The molecule has 0 saturated carbocycles. The van der Waals surface area contributed by atoms with Crippen LogP contribution in [0.4, 0.5) is 0 Å². The van der Waals surface area contributed by atoms with Crippen molar-refractivity contribution in [1.29, 1.82) is 0 Å². The molecule has 3 heterocycles. The molecule has 0 bridgehead atoms. The predicted molar refractivity (Wildman–Crippen MR) is 80.7 cm³/mol. The third-order valence-electron chi connectivity index (χ3n) is 3.97. The molecule has 0 unspecified atom stereocenters. The van der Waals surface area contributed by atoms with Crippen LogP contribution in [-0.2, 0) is 0 Å². The summed E-state index contributed by atoms with van der Waals surface area (Å²) in [6, 6.07) is 3.56. The molecule has 7 nitrogen and oxygen atoms in total. The van der Waals surface area contributed by atoms with Crippen LogP contribution in [0.15, 0.2) is 30.7 Å². The maximum absolute atomic E-state index is 12.8. The van der Waals surface area contributed by atoms with Crippen molar-refractivity contribution in [1.82, 2.24) is 24.8 Å². The van der Waals surface area contributed by atoms with E-state index in [2.05, 4.69) is 19.9 Å². The van der Waals surface area contributed by atoms with Crippen LogP contribution in [0.5, 0.6) is 5.88 Å². The Morgan fingerprint density at radius 3 is 2.95 bits per heavy atom. The van der Waals surface area contributed by atoms with Crippen molar-refractivity contribution in [2.75, 3.05) is 33.8 Å². The molecule has 1 aliphatic heterocycles. The first-order valence-electron chi connectivity index (χ1n) is 7.18. The number of hydrogen-bond donors (Lipinski definition) is 1. The fourth-order valence-electron chi connectivity index (χ4n) is 2.70. The zero-order valence-corrected chi connectivity index (χ0v) is 12.7. The van der Waals surface area contributed by atoms with Gasteiger partial charge < -0.3 is 14.6 Å². The van der Waals surface area contributed by atoms with Crippen LogP contribution in [0.3, 0.4) is 0 Å². The first kappa shape index (κ1) is 14.5. The number of methoxy groups -OCH3 is 1. The first-order valence-corrected chi connectivity index (χ1v) is 7.18. The second-order valence-corrected chi connectivity index (χ2v) is 5.28. The fraction of sp³-hybridized carbons (Fsp3) is 0.400. The Hall–Kier alpha value is -2.41. The van der Waals surface area contributed by atoms with E-state index in [-0.39, 0.29) is 11.9 Å². The number of hydrogen-bond acceptors (Lipinski definition) is 5. The number of H-pyrrole nitrogens is 1. The molecule has 0 radical (unpaired) electrons. The zero-order valence-electron chi connectivity index (χ0n) is 12.7. The number of imidazole rings is 1. The average molecular weight is 301 g/mol. The molecule has 1 atom stereocenters. The number of rotatable bonds is 3. The first-order chi connectivity index (χ1) is 10.7. The van der Waals surface area contributed by atoms with Gasteiger partial charge in [0.2, 0.25) is 5.88 Å². The lowest BCUT2D eigenvalue weighted by Crippen LogP contribution is -2.49. The van der Waals surface area contributed by atoms with Gasteiger partial charge in [-0.25, -0.2) is 9.97 Å². The van der Waals surface area contributed by atoms with Gasteiger partial charge in [0.1, 0.15) is 11.4 Å². The summed E-state index contributed by atoms with van der Waals surface area (Å²) in [6.45, 7) is 2.05. The Bertz CT molecular complexity index is 643. The molecule has 1 fully saturated rings. The molecule has 22 heavy (non-hydrogen) atoms. The predicted octanol–water partition coefficient (Wildman–Crippen LogP) is 0.942. The number of carbonyl (C=O) groups is 1. The summed E-state index contributed by atoms with van der Waals surface area (Å²) in [5, 5.41) is 0. The van der Waals surface area contributed by atoms with Gasteiger partial charge in [0, 0.05) is 38.2 Å². The highest BCUT2D eigenvalue weighted by Gasteiger charge is 2.31. The number of ether oxygens (including phenoxy) is 1. The Balaban J connectivity index is 1.81. The summed E-state index contributed by atoms with van der Waals surface area (Å²) in [5.41, 5.74) is 0.493. The largest absolute Gasteiger partial charge is 0.480 e. The average Bonchev–Trinajstić information content (AvgIpc) is 3.09. The maximum atomic E-state index is 12.8. The minimum Gasteiger partial charge on any atom is -0.480 e. The van der Waals surface area contributed by atoms with Crippen molar-refractivity contribution in [3.63, 3.8) is 0 Å². The van der Waals surface area contributed by atoms with E-state index >= 15 is 0 Å². The van der Waals surface area contributed by atoms with Gasteiger partial charge in [-0.2, -0.15) is 0 Å². The van der Waals surface area contributed by atoms with Crippen molar-refractivity contribution >= 4 is 5.91 Å². The topological polar surface area (TPSA) is 74.3 Å². The van der Waals surface area contributed by atoms with Crippen LogP contribution in [-0.4, -0.2) is 64.5 Å².